The fourth-order valence-corrected chi connectivity index (χ4v) is 1.98. The molecule has 0 aliphatic carbocycles. The molecule has 1 unspecified atom stereocenters. The predicted octanol–water partition coefficient (Wildman–Crippen LogP) is 2.06. The van der Waals surface area contributed by atoms with Gasteiger partial charge in [-0.25, -0.2) is 4.39 Å². The molecule has 0 bridgehead atoms. The van der Waals surface area contributed by atoms with Crippen molar-refractivity contribution in [2.45, 2.75) is 33.3 Å². The highest BCUT2D eigenvalue weighted by molar-refractivity contribution is 5.96. The Balaban J connectivity index is 2.65. The van der Waals surface area contributed by atoms with Crippen LogP contribution in [0.25, 0.3) is 0 Å². The van der Waals surface area contributed by atoms with Gasteiger partial charge in [0, 0.05) is 12.6 Å². The summed E-state index contributed by atoms with van der Waals surface area (Å²) in [5.41, 5.74) is -0.228. The molecule has 106 valence electrons. The lowest BCUT2D eigenvalue weighted by atomic mass is 9.87. The number of nitrogens with one attached hydrogen (secondary N) is 1. The van der Waals surface area contributed by atoms with Crippen LogP contribution in [0.15, 0.2) is 18.2 Å². The van der Waals surface area contributed by atoms with Gasteiger partial charge in [-0.1, -0.05) is 13.8 Å². The number of phenolic OH excluding ortho intramolecular Hbond substituents is 1. The normalized spacial score (nSPS) is 13.1. The summed E-state index contributed by atoms with van der Waals surface area (Å²) in [5.74, 6) is -1.44. The van der Waals surface area contributed by atoms with Crippen molar-refractivity contribution in [2.24, 2.45) is 5.41 Å². The molecule has 4 nitrogen and oxygen atoms in total. The summed E-state index contributed by atoms with van der Waals surface area (Å²) >= 11 is 0. The number of halogens is 1. The highest BCUT2D eigenvalue weighted by Crippen LogP contribution is 2.22. The summed E-state index contributed by atoms with van der Waals surface area (Å²) in [5, 5.41) is 21.5. The Kier molecular flexibility index (Phi) is 4.89. The maximum atomic E-state index is 12.8. The number of amides is 1. The second kappa shape index (κ2) is 6.02. The number of aliphatic hydroxyl groups is 1. The quantitative estimate of drug-likeness (QED) is 0.766. The Labute approximate surface area is 112 Å². The van der Waals surface area contributed by atoms with Crippen LogP contribution in [-0.2, 0) is 0 Å². The van der Waals surface area contributed by atoms with Crippen LogP contribution in [0.1, 0.15) is 37.6 Å². The molecule has 1 amide bonds. The summed E-state index contributed by atoms with van der Waals surface area (Å²) in [4.78, 5) is 11.9. The molecule has 0 spiro atoms. The second-order valence-electron chi connectivity index (χ2n) is 5.56. The lowest BCUT2D eigenvalue weighted by Gasteiger charge is -2.26. The Morgan fingerprint density at radius 2 is 2.11 bits per heavy atom. The van der Waals surface area contributed by atoms with E-state index in [0.717, 1.165) is 12.1 Å². The van der Waals surface area contributed by atoms with Gasteiger partial charge in [0.25, 0.3) is 5.91 Å². The minimum absolute atomic E-state index is 0.0363. The van der Waals surface area contributed by atoms with E-state index >= 15 is 0 Å². The molecular formula is C14H20FNO3. The van der Waals surface area contributed by atoms with Crippen LogP contribution in [-0.4, -0.2) is 28.8 Å². The van der Waals surface area contributed by atoms with Crippen LogP contribution in [0.4, 0.5) is 4.39 Å². The molecule has 1 aromatic rings. The van der Waals surface area contributed by atoms with Gasteiger partial charge in [-0.15, -0.1) is 0 Å². The number of phenols is 1. The number of carbonyl (C=O) groups excluding carboxylic acids is 1. The first-order valence-corrected chi connectivity index (χ1v) is 6.16. The lowest BCUT2D eigenvalue weighted by Crippen LogP contribution is -2.35. The molecule has 0 aromatic heterocycles. The van der Waals surface area contributed by atoms with Crippen molar-refractivity contribution in [2.75, 3.05) is 6.54 Å². The van der Waals surface area contributed by atoms with Crippen molar-refractivity contribution >= 4 is 5.91 Å². The van der Waals surface area contributed by atoms with Gasteiger partial charge in [-0.3, -0.25) is 4.79 Å². The monoisotopic (exact) mass is 269 g/mol. The van der Waals surface area contributed by atoms with Gasteiger partial charge in [-0.2, -0.15) is 0 Å². The largest absolute Gasteiger partial charge is 0.507 e. The fourth-order valence-electron chi connectivity index (χ4n) is 1.98. The van der Waals surface area contributed by atoms with Gasteiger partial charge in [0.2, 0.25) is 0 Å². The molecule has 1 aromatic carbocycles. The van der Waals surface area contributed by atoms with Crippen molar-refractivity contribution in [3.05, 3.63) is 29.6 Å². The van der Waals surface area contributed by atoms with E-state index < -0.39 is 17.8 Å². The highest BCUT2D eigenvalue weighted by Gasteiger charge is 2.22. The van der Waals surface area contributed by atoms with E-state index in [0.29, 0.717) is 13.0 Å². The van der Waals surface area contributed by atoms with E-state index in [4.69, 9.17) is 0 Å². The van der Waals surface area contributed by atoms with Crippen molar-refractivity contribution in [3.63, 3.8) is 0 Å². The lowest BCUT2D eigenvalue weighted by molar-refractivity contribution is 0.0899. The van der Waals surface area contributed by atoms with Crippen LogP contribution >= 0.6 is 0 Å². The van der Waals surface area contributed by atoms with Crippen LogP contribution in [0.2, 0.25) is 0 Å². The smallest absolute Gasteiger partial charge is 0.255 e. The van der Waals surface area contributed by atoms with E-state index in [1.165, 1.54) is 6.07 Å². The van der Waals surface area contributed by atoms with E-state index in [1.54, 1.807) is 6.92 Å². The molecule has 0 saturated carbocycles. The zero-order chi connectivity index (χ0) is 14.6. The Morgan fingerprint density at radius 3 is 2.63 bits per heavy atom. The van der Waals surface area contributed by atoms with Gasteiger partial charge in [0.1, 0.15) is 11.6 Å². The van der Waals surface area contributed by atoms with E-state index in [2.05, 4.69) is 5.32 Å². The van der Waals surface area contributed by atoms with Gasteiger partial charge in [0.15, 0.2) is 0 Å². The molecule has 0 aliphatic heterocycles. The Morgan fingerprint density at radius 1 is 1.47 bits per heavy atom. The summed E-state index contributed by atoms with van der Waals surface area (Å²) < 4.78 is 12.8. The van der Waals surface area contributed by atoms with Crippen LogP contribution < -0.4 is 5.32 Å². The van der Waals surface area contributed by atoms with Crippen molar-refractivity contribution in [1.29, 1.82) is 0 Å². The van der Waals surface area contributed by atoms with Crippen LogP contribution in [0.3, 0.4) is 0 Å². The fraction of sp³-hybridized carbons (Fsp3) is 0.500. The Bertz CT molecular complexity index is 458. The average Bonchev–Trinajstić information content (AvgIpc) is 2.24. The molecular weight excluding hydrogens is 249 g/mol. The second-order valence-corrected chi connectivity index (χ2v) is 5.56. The van der Waals surface area contributed by atoms with Crippen LogP contribution in [0, 0.1) is 11.2 Å². The van der Waals surface area contributed by atoms with Gasteiger partial charge < -0.3 is 15.5 Å². The SMILES string of the molecule is CC(O)CC(C)(C)CNC(=O)c1ccc(F)cc1O. The number of carbonyl (C=O) groups is 1. The van der Waals surface area contributed by atoms with E-state index in [-0.39, 0.29) is 16.7 Å². The zero-order valence-corrected chi connectivity index (χ0v) is 11.4. The summed E-state index contributed by atoms with van der Waals surface area (Å²) in [6.07, 6.45) is 0.0917. The maximum Gasteiger partial charge on any atom is 0.255 e. The van der Waals surface area contributed by atoms with Crippen molar-refractivity contribution in [3.8, 4) is 5.75 Å². The molecule has 1 rings (SSSR count). The van der Waals surface area contributed by atoms with Gasteiger partial charge in [-0.05, 0) is 30.9 Å². The molecule has 3 N–H and O–H groups in total. The molecule has 19 heavy (non-hydrogen) atoms. The van der Waals surface area contributed by atoms with E-state index in [9.17, 15) is 19.4 Å². The van der Waals surface area contributed by atoms with Gasteiger partial charge >= 0.3 is 0 Å². The number of hydrogen-bond acceptors (Lipinski definition) is 3. The number of rotatable bonds is 5. The first kappa shape index (κ1) is 15.4. The first-order chi connectivity index (χ1) is 8.71. The average molecular weight is 269 g/mol. The number of hydrogen-bond donors (Lipinski definition) is 3. The third-order valence-corrected chi connectivity index (χ3v) is 2.78. The van der Waals surface area contributed by atoms with Crippen molar-refractivity contribution in [1.82, 2.24) is 5.32 Å². The predicted molar refractivity (Wildman–Crippen MR) is 70.5 cm³/mol. The molecule has 0 fully saturated rings. The maximum absolute atomic E-state index is 12.8. The molecule has 0 radical (unpaired) electrons. The summed E-state index contributed by atoms with van der Waals surface area (Å²) in [7, 11) is 0. The topological polar surface area (TPSA) is 69.6 Å². The minimum Gasteiger partial charge on any atom is -0.507 e. The molecule has 0 aliphatic rings. The van der Waals surface area contributed by atoms with E-state index in [1.807, 2.05) is 13.8 Å². The summed E-state index contributed by atoms with van der Waals surface area (Å²) in [6, 6.07) is 3.26. The number of benzene rings is 1. The molecule has 0 saturated heterocycles. The van der Waals surface area contributed by atoms with Gasteiger partial charge in [0.05, 0.1) is 11.7 Å². The van der Waals surface area contributed by atoms with Crippen LogP contribution in [0.5, 0.6) is 5.75 Å². The zero-order valence-electron chi connectivity index (χ0n) is 11.4. The molecule has 5 heteroatoms. The number of aromatic hydroxyl groups is 1. The standard InChI is InChI=1S/C14H20FNO3/c1-9(17)7-14(2,3)8-16-13(19)11-5-4-10(15)6-12(11)18/h4-6,9,17-18H,7-8H2,1-3H3,(H,16,19). The Hall–Kier alpha value is -1.62. The number of aliphatic hydroxyl groups excluding tert-OH is 1. The van der Waals surface area contributed by atoms with Crippen molar-refractivity contribution < 1.29 is 19.4 Å². The third-order valence-electron chi connectivity index (χ3n) is 2.78. The molecule has 1 atom stereocenters. The first-order valence-electron chi connectivity index (χ1n) is 6.16. The summed E-state index contributed by atoms with van der Waals surface area (Å²) in [6.45, 7) is 5.89. The third kappa shape index (κ3) is 4.87. The molecule has 0 heterocycles. The highest BCUT2D eigenvalue weighted by atomic mass is 19.1. The minimum atomic E-state index is -0.594.